The van der Waals surface area contributed by atoms with Crippen molar-refractivity contribution in [3.05, 3.63) is 58.7 Å². The number of rotatable bonds is 1. The third kappa shape index (κ3) is 2.98. The van der Waals surface area contributed by atoms with E-state index in [1.165, 1.54) is 59.8 Å². The second-order valence-electron chi connectivity index (χ2n) is 7.94. The summed E-state index contributed by atoms with van der Waals surface area (Å²) in [5.41, 5.74) is 7.37. The van der Waals surface area contributed by atoms with E-state index in [0.717, 1.165) is 0 Å². The van der Waals surface area contributed by atoms with E-state index in [9.17, 15) is 0 Å². The van der Waals surface area contributed by atoms with E-state index in [1.54, 1.807) is 0 Å². The van der Waals surface area contributed by atoms with Crippen LogP contribution < -0.4 is 35.2 Å². The van der Waals surface area contributed by atoms with Crippen LogP contribution in [0.2, 0.25) is 6.55 Å². The summed E-state index contributed by atoms with van der Waals surface area (Å²) in [4.78, 5) is 0. The van der Waals surface area contributed by atoms with E-state index in [4.69, 9.17) is 11.1 Å². The van der Waals surface area contributed by atoms with Crippen molar-refractivity contribution in [2.45, 2.75) is 34.2 Å². The summed E-state index contributed by atoms with van der Waals surface area (Å²) in [6.45, 7) is 11.5. The molecule has 3 aromatic rings. The van der Waals surface area contributed by atoms with Gasteiger partial charge in [-0.05, 0) is 43.1 Å². The second kappa shape index (κ2) is 7.78. The third-order valence-electron chi connectivity index (χ3n) is 6.73. The first-order chi connectivity index (χ1) is 11.8. The summed E-state index contributed by atoms with van der Waals surface area (Å²) in [7, 11) is -1.92. The van der Waals surface area contributed by atoms with Gasteiger partial charge in [0.25, 0.3) is 0 Å². The number of halogens is 3. The molecule has 0 saturated carbocycles. The smallest absolute Gasteiger partial charge is 1.00 e. The van der Waals surface area contributed by atoms with Crippen LogP contribution in [0.4, 0.5) is 0 Å². The van der Waals surface area contributed by atoms with Gasteiger partial charge >= 0.3 is 26.2 Å². The molecule has 0 fully saturated rings. The molecule has 0 aromatic heterocycles. The maximum Gasteiger partial charge on any atom is 3.00 e. The first kappa shape index (κ1) is 24.0. The fourth-order valence-corrected chi connectivity index (χ4v) is 9.20. The molecule has 0 saturated heterocycles. The van der Waals surface area contributed by atoms with Gasteiger partial charge in [-0.1, -0.05) is 53.7 Å². The summed E-state index contributed by atoms with van der Waals surface area (Å²) in [6.07, 6.45) is 0. The van der Waals surface area contributed by atoms with Gasteiger partial charge in [0.2, 0.25) is 0 Å². The molecule has 0 bridgehead atoms. The average Bonchev–Trinajstić information content (AvgIpc) is 2.91. The van der Waals surface area contributed by atoms with Crippen LogP contribution in [0.1, 0.15) is 33.3 Å². The molecule has 0 N–H and O–H groups in total. The Balaban J connectivity index is 0.000000934. The van der Waals surface area contributed by atoms with Crippen LogP contribution in [-0.2, 0) is 26.2 Å². The Bertz CT molecular complexity index is 1170. The van der Waals surface area contributed by atoms with Crippen LogP contribution >= 0.6 is 11.1 Å². The molecule has 1 radical (unpaired) electrons. The van der Waals surface area contributed by atoms with Crippen molar-refractivity contribution in [2.24, 2.45) is 5.92 Å². The van der Waals surface area contributed by atoms with E-state index in [1.807, 2.05) is 0 Å². The predicted octanol–water partition coefficient (Wildman–Crippen LogP) is -0.281. The van der Waals surface area contributed by atoms with Crippen molar-refractivity contribution in [3.63, 3.8) is 0 Å². The number of hydrogen-bond donors (Lipinski definition) is 0. The zero-order chi connectivity index (χ0) is 17.7. The first-order valence-electron chi connectivity index (χ1n) is 9.08. The molecule has 143 valence electrons. The summed E-state index contributed by atoms with van der Waals surface area (Å²) in [5, 5.41) is 8.44. The Morgan fingerprint density at radius 3 is 2.21 bits per heavy atom. The fourth-order valence-electron chi connectivity index (χ4n) is 4.96. The molecular formula is C23H22Cl3SiZr. The Hall–Kier alpha value is -0.240. The molecular weight excluding hydrogens is 502 g/mol. The molecule has 2 aliphatic rings. The normalized spacial score (nSPS) is 22.7. The molecule has 0 amide bonds. The van der Waals surface area contributed by atoms with E-state index in [2.05, 4.69) is 70.6 Å². The Labute approximate surface area is 204 Å². The third-order valence-corrected chi connectivity index (χ3v) is 10.5. The molecule has 5 heteroatoms. The van der Waals surface area contributed by atoms with Gasteiger partial charge in [0.1, 0.15) is 0 Å². The molecule has 0 spiro atoms. The fraction of sp³-hybridized carbons (Fsp3) is 0.261. The van der Waals surface area contributed by atoms with E-state index in [0.29, 0.717) is 5.92 Å². The SMILES string of the molecule is CC1=C(C)C(C)C(c2cc3c([cH-]c4ccccc43)c3c2[Si]3(C)Cl)=C1C.[Cl-].[Cl-].[Zr+3]. The molecule has 1 aliphatic heterocycles. The minimum Gasteiger partial charge on any atom is -1.00 e. The van der Waals surface area contributed by atoms with Gasteiger partial charge in [0.15, 0.2) is 7.38 Å². The molecule has 0 nitrogen and oxygen atoms in total. The molecule has 5 rings (SSSR count). The quantitative estimate of drug-likeness (QED) is 0.234. The monoisotopic (exact) mass is 521 g/mol. The van der Waals surface area contributed by atoms with Crippen molar-refractivity contribution in [1.82, 2.24) is 0 Å². The maximum absolute atomic E-state index is 7.10. The second-order valence-corrected chi connectivity index (χ2v) is 13.2. The van der Waals surface area contributed by atoms with Gasteiger partial charge in [0.05, 0.1) is 0 Å². The minimum atomic E-state index is -1.92. The summed E-state index contributed by atoms with van der Waals surface area (Å²) >= 11 is 7.10. The van der Waals surface area contributed by atoms with E-state index >= 15 is 0 Å². The van der Waals surface area contributed by atoms with Crippen molar-refractivity contribution in [3.8, 4) is 0 Å². The number of hydrogen-bond acceptors (Lipinski definition) is 0. The van der Waals surface area contributed by atoms with E-state index < -0.39 is 7.38 Å². The number of fused-ring (bicyclic) bond motifs is 5. The Morgan fingerprint density at radius 1 is 0.964 bits per heavy atom. The van der Waals surface area contributed by atoms with Crippen LogP contribution in [-0.4, -0.2) is 7.38 Å². The number of benzene rings is 2. The molecule has 1 aliphatic carbocycles. The molecule has 28 heavy (non-hydrogen) atoms. The molecule has 1 heterocycles. The zero-order valence-corrected chi connectivity index (χ0v) is 22.4. The van der Waals surface area contributed by atoms with Crippen molar-refractivity contribution in [1.29, 1.82) is 0 Å². The van der Waals surface area contributed by atoms with Gasteiger partial charge in [-0.25, -0.2) is 0 Å². The van der Waals surface area contributed by atoms with Crippen LogP contribution in [0.3, 0.4) is 0 Å². The van der Waals surface area contributed by atoms with Gasteiger partial charge in [-0.3, -0.25) is 0 Å². The largest absolute Gasteiger partial charge is 3.00 e. The Morgan fingerprint density at radius 2 is 1.61 bits per heavy atom. The van der Waals surface area contributed by atoms with Gasteiger partial charge in [-0.15, -0.1) is 33.7 Å². The van der Waals surface area contributed by atoms with Gasteiger partial charge in [0, 0.05) is 5.92 Å². The van der Waals surface area contributed by atoms with Crippen LogP contribution in [0.15, 0.2) is 53.1 Å². The summed E-state index contributed by atoms with van der Waals surface area (Å²) < 4.78 is 0. The average molecular weight is 524 g/mol. The van der Waals surface area contributed by atoms with E-state index in [-0.39, 0.29) is 51.0 Å². The standard InChI is InChI=1S/C23H22ClSi.2ClH.Zr/c1-12-13(2)15(4)21(14(12)3)20-11-18-17-9-7-6-8-16(17)10-19(18)22-23(20)25(22,5)24;;;/h6-11,14H,1-5H3;2*1H;/q-1;;;+3/p-2. The van der Waals surface area contributed by atoms with Gasteiger partial charge < -0.3 is 24.8 Å². The Kier molecular flexibility index (Phi) is 6.68. The molecule has 2 atom stereocenters. The minimum absolute atomic E-state index is 0. The number of allylic oxidation sites excluding steroid dienone is 4. The summed E-state index contributed by atoms with van der Waals surface area (Å²) in [6, 6.07) is 13.5. The maximum atomic E-state index is 7.10. The first-order valence-corrected chi connectivity index (χ1v) is 12.6. The van der Waals surface area contributed by atoms with Gasteiger partial charge in [-0.2, -0.15) is 11.1 Å². The molecule has 2 unspecified atom stereocenters. The van der Waals surface area contributed by atoms with Crippen LogP contribution in [0.25, 0.3) is 27.1 Å². The topological polar surface area (TPSA) is 0 Å². The molecule has 3 aromatic carbocycles. The zero-order valence-electron chi connectivity index (χ0n) is 16.7. The van der Waals surface area contributed by atoms with Crippen molar-refractivity contribution in [2.75, 3.05) is 0 Å². The van der Waals surface area contributed by atoms with Crippen LogP contribution in [0, 0.1) is 5.92 Å². The summed E-state index contributed by atoms with van der Waals surface area (Å²) in [5.74, 6) is 0.491. The van der Waals surface area contributed by atoms with Crippen LogP contribution in [0.5, 0.6) is 0 Å². The van der Waals surface area contributed by atoms with Crippen molar-refractivity contribution >= 4 is 56.0 Å². The predicted molar refractivity (Wildman–Crippen MR) is 114 cm³/mol. The van der Waals surface area contributed by atoms with Crippen molar-refractivity contribution < 1.29 is 51.0 Å².